The van der Waals surface area contributed by atoms with Crippen molar-refractivity contribution in [3.63, 3.8) is 0 Å². The van der Waals surface area contributed by atoms with Gasteiger partial charge in [-0.25, -0.2) is 24.5 Å². The third-order valence-corrected chi connectivity index (χ3v) is 14.2. The van der Waals surface area contributed by atoms with Crippen molar-refractivity contribution in [1.82, 2.24) is 40.2 Å². The number of halogens is 2. The molecule has 0 bridgehead atoms. The van der Waals surface area contributed by atoms with E-state index < -0.39 is 17.5 Å². The molecule has 0 unspecified atom stereocenters. The number of rotatable bonds is 10. The Morgan fingerprint density at radius 3 is 2.13 bits per heavy atom. The summed E-state index contributed by atoms with van der Waals surface area (Å²) in [6.07, 6.45) is 10.1. The molecule has 16 nitrogen and oxygen atoms in total. The first kappa shape index (κ1) is 48.4. The van der Waals surface area contributed by atoms with Gasteiger partial charge < -0.3 is 30.7 Å². The fourth-order valence-electron chi connectivity index (χ4n) is 9.98. The number of nitrogens with one attached hydrogen (secondary N) is 6. The number of aromatic nitrogens is 7. The molecular weight excluding hydrogens is 1010 g/mol. The summed E-state index contributed by atoms with van der Waals surface area (Å²) in [5, 5.41) is 14.0. The number of methoxy groups -OCH3 is 1. The monoisotopic (exact) mass is 1060 g/mol. The number of carbonyl (C=O) groups excluding carboxylic acids is 2. The lowest BCUT2D eigenvalue weighted by molar-refractivity contribution is 0.248. The second-order valence-electron chi connectivity index (χ2n) is 18.6. The zero-order valence-corrected chi connectivity index (χ0v) is 42.4. The molecule has 4 amide bonds. The Morgan fingerprint density at radius 2 is 1.34 bits per heavy atom. The van der Waals surface area contributed by atoms with Crippen LogP contribution in [0.2, 0.25) is 10.0 Å². The van der Waals surface area contributed by atoms with Crippen LogP contribution < -0.4 is 36.9 Å². The Morgan fingerprint density at radius 1 is 0.610 bits per heavy atom. The number of H-pyrrole nitrogens is 2. The van der Waals surface area contributed by atoms with Crippen LogP contribution in [0.4, 0.5) is 26.8 Å². The SMILES string of the molecule is COc1ccc(NC(=O)Nc2c[nH]c3nc(-c4ccccc4)c(-c4cc(Cl)c5nccc(-c6cccc(-c7nc8[nH]c(NC(=O)NC9CCCC9)cc(=O)c8cc7-c7cc(Cl)c8ncccc8c7)c6)c5c4)cc3c2=O)cn1. The van der Waals surface area contributed by atoms with Gasteiger partial charge in [0.1, 0.15) is 22.8 Å². The van der Waals surface area contributed by atoms with Gasteiger partial charge in [-0.1, -0.05) is 90.6 Å². The Bertz CT molecular complexity index is 4300. The number of urea groups is 2. The quantitative estimate of drug-likeness (QED) is 0.0760. The van der Waals surface area contributed by atoms with E-state index in [2.05, 4.69) is 41.2 Å². The smallest absolute Gasteiger partial charge is 0.323 e. The van der Waals surface area contributed by atoms with Gasteiger partial charge in [-0.3, -0.25) is 24.9 Å². The van der Waals surface area contributed by atoms with Gasteiger partial charge in [-0.05, 0) is 95.8 Å². The molecule has 0 radical (unpaired) electrons. The number of amides is 4. The number of nitrogens with zero attached hydrogens (tertiary/aromatic N) is 5. The lowest BCUT2D eigenvalue weighted by Crippen LogP contribution is -2.36. The highest BCUT2D eigenvalue weighted by Crippen LogP contribution is 2.42. The van der Waals surface area contributed by atoms with Crippen molar-refractivity contribution in [3.8, 4) is 61.8 Å². The van der Waals surface area contributed by atoms with Gasteiger partial charge in [0.2, 0.25) is 11.3 Å². The average Bonchev–Trinajstić information content (AvgIpc) is 4.04. The van der Waals surface area contributed by atoms with Crippen molar-refractivity contribution in [2.75, 3.05) is 23.1 Å². The first-order chi connectivity index (χ1) is 37.5. The van der Waals surface area contributed by atoms with Gasteiger partial charge >= 0.3 is 12.1 Å². The number of pyridine rings is 7. The highest BCUT2D eigenvalue weighted by molar-refractivity contribution is 6.36. The molecule has 1 aliphatic rings. The molecule has 1 fully saturated rings. The second kappa shape index (κ2) is 20.3. The Labute approximate surface area is 448 Å². The van der Waals surface area contributed by atoms with Crippen molar-refractivity contribution in [2.24, 2.45) is 0 Å². The molecule has 18 heteroatoms. The number of carbonyl (C=O) groups is 2. The lowest BCUT2D eigenvalue weighted by Gasteiger charge is -2.16. The standard InChI is InChI=1S/C59H43Cl2N11O5/c1-77-50-17-16-38(29-64-50)67-58(75)68-47-30-65-56-44(55(47)74)27-41(51(71-56)31-9-3-2-4-10-31)36-23-42-39(18-20-63-54(42)46(61)25-36)32-11-7-12-33(21-32)52-40(35-22-34-13-8-19-62-53(34)45(60)24-35)26-43-48(73)28-49(69-57(43)72-52)70-59(76)66-37-14-5-6-15-37/h2-4,7-13,16-30,37H,5-6,14-15H2,1H3,(H,65,71,74)(H2,67,68,75)(H3,66,69,70,72,73,76). The van der Waals surface area contributed by atoms with Crippen LogP contribution in [0.5, 0.6) is 5.88 Å². The Balaban J connectivity index is 0.973. The van der Waals surface area contributed by atoms with Crippen LogP contribution in [-0.4, -0.2) is 60.1 Å². The van der Waals surface area contributed by atoms with E-state index in [4.69, 9.17) is 42.9 Å². The predicted octanol–water partition coefficient (Wildman–Crippen LogP) is 13.0. The van der Waals surface area contributed by atoms with Gasteiger partial charge in [0.25, 0.3) is 0 Å². The molecule has 1 aliphatic carbocycles. The molecule has 4 aromatic carbocycles. The molecule has 378 valence electrons. The van der Waals surface area contributed by atoms with E-state index >= 15 is 0 Å². The van der Waals surface area contributed by atoms with Crippen LogP contribution in [0.3, 0.4) is 0 Å². The molecule has 11 aromatic rings. The van der Waals surface area contributed by atoms with Gasteiger partial charge in [-0.15, -0.1) is 0 Å². The molecule has 7 heterocycles. The number of anilines is 3. The van der Waals surface area contributed by atoms with Crippen molar-refractivity contribution >= 4 is 96.3 Å². The fourth-order valence-corrected chi connectivity index (χ4v) is 10.5. The highest BCUT2D eigenvalue weighted by Gasteiger charge is 2.22. The molecule has 0 spiro atoms. The summed E-state index contributed by atoms with van der Waals surface area (Å²) in [4.78, 5) is 84.3. The molecule has 6 N–H and O–H groups in total. The van der Waals surface area contributed by atoms with Crippen LogP contribution in [0.1, 0.15) is 25.7 Å². The molecule has 1 saturated carbocycles. The summed E-state index contributed by atoms with van der Waals surface area (Å²) in [6, 6.07) is 37.9. The van der Waals surface area contributed by atoms with Crippen LogP contribution in [-0.2, 0) is 0 Å². The summed E-state index contributed by atoms with van der Waals surface area (Å²) in [5.74, 6) is 0.589. The predicted molar refractivity (Wildman–Crippen MR) is 304 cm³/mol. The van der Waals surface area contributed by atoms with Gasteiger partial charge in [0.05, 0.1) is 62.2 Å². The van der Waals surface area contributed by atoms with E-state index in [0.29, 0.717) is 88.3 Å². The van der Waals surface area contributed by atoms with Crippen LogP contribution >= 0.6 is 23.2 Å². The minimum atomic E-state index is -0.652. The van der Waals surface area contributed by atoms with Crippen molar-refractivity contribution in [2.45, 2.75) is 31.7 Å². The molecule has 7 aromatic heterocycles. The third-order valence-electron chi connectivity index (χ3n) is 13.6. The zero-order chi connectivity index (χ0) is 52.7. The maximum Gasteiger partial charge on any atom is 0.323 e. The van der Waals surface area contributed by atoms with Gasteiger partial charge in [0, 0.05) is 69.8 Å². The molecular formula is C59H43Cl2N11O5. The lowest BCUT2D eigenvalue weighted by atomic mass is 9.92. The number of ether oxygens (including phenoxy) is 1. The molecule has 12 rings (SSSR count). The van der Waals surface area contributed by atoms with E-state index in [-0.39, 0.29) is 34.0 Å². The van der Waals surface area contributed by atoms with Gasteiger partial charge in [0.15, 0.2) is 5.43 Å². The molecule has 0 aliphatic heterocycles. The highest BCUT2D eigenvalue weighted by atomic mass is 35.5. The summed E-state index contributed by atoms with van der Waals surface area (Å²) in [7, 11) is 1.49. The van der Waals surface area contributed by atoms with E-state index in [0.717, 1.165) is 47.8 Å². The number of fused-ring (bicyclic) bond motifs is 4. The number of aromatic amines is 2. The van der Waals surface area contributed by atoms with E-state index in [1.54, 1.807) is 42.7 Å². The number of hydrogen-bond donors (Lipinski definition) is 6. The summed E-state index contributed by atoms with van der Waals surface area (Å²) in [6.45, 7) is 0. The summed E-state index contributed by atoms with van der Waals surface area (Å²) in [5.41, 5.74) is 8.10. The number of hydrogen-bond acceptors (Lipinski definition) is 10. The third kappa shape index (κ3) is 9.63. The molecule has 0 saturated heterocycles. The maximum atomic E-state index is 14.3. The fraction of sp³-hybridized carbons (Fsp3) is 0.102. The zero-order valence-electron chi connectivity index (χ0n) is 40.9. The minimum absolute atomic E-state index is 0.00482. The summed E-state index contributed by atoms with van der Waals surface area (Å²) < 4.78 is 5.12. The van der Waals surface area contributed by atoms with E-state index in [1.165, 1.54) is 25.6 Å². The summed E-state index contributed by atoms with van der Waals surface area (Å²) >= 11 is 14.1. The van der Waals surface area contributed by atoms with Crippen molar-refractivity contribution in [3.05, 3.63) is 183 Å². The van der Waals surface area contributed by atoms with E-state index in [1.807, 2.05) is 91.0 Å². The Hall–Kier alpha value is -9.51. The number of benzene rings is 4. The average molecular weight is 1060 g/mol. The first-order valence-corrected chi connectivity index (χ1v) is 25.4. The molecule has 77 heavy (non-hydrogen) atoms. The van der Waals surface area contributed by atoms with Crippen molar-refractivity contribution in [1.29, 1.82) is 0 Å². The largest absolute Gasteiger partial charge is 0.481 e. The van der Waals surface area contributed by atoms with Crippen LogP contribution in [0, 0.1) is 0 Å². The van der Waals surface area contributed by atoms with Crippen molar-refractivity contribution < 1.29 is 14.3 Å². The topological polar surface area (TPSA) is 222 Å². The van der Waals surface area contributed by atoms with Crippen LogP contribution in [0.15, 0.2) is 162 Å². The minimum Gasteiger partial charge on any atom is -0.481 e. The van der Waals surface area contributed by atoms with E-state index in [9.17, 15) is 19.2 Å². The Kier molecular flexibility index (Phi) is 12.8. The van der Waals surface area contributed by atoms with Crippen LogP contribution in [0.25, 0.3) is 99.8 Å². The van der Waals surface area contributed by atoms with Gasteiger partial charge in [-0.2, -0.15) is 0 Å². The second-order valence-corrected chi connectivity index (χ2v) is 19.4. The maximum absolute atomic E-state index is 14.3. The first-order valence-electron chi connectivity index (χ1n) is 24.6. The normalized spacial score (nSPS) is 12.6. The molecule has 0 atom stereocenters.